The topological polar surface area (TPSA) is 110 Å². The highest BCUT2D eigenvalue weighted by Crippen LogP contribution is 2.30. The lowest BCUT2D eigenvalue weighted by Crippen LogP contribution is -2.35. The fourth-order valence-corrected chi connectivity index (χ4v) is 2.81. The number of esters is 2. The van der Waals surface area contributed by atoms with Crippen LogP contribution in [-0.4, -0.2) is 59.3 Å². The minimum Gasteiger partial charge on any atom is -0.744 e. The monoisotopic (exact) mass is 359 g/mol. The molecule has 134 valence electrons. The van der Waals surface area contributed by atoms with Crippen molar-refractivity contribution in [1.82, 2.24) is 4.48 Å². The first-order valence-electron chi connectivity index (χ1n) is 7.23. The summed E-state index contributed by atoms with van der Waals surface area (Å²) in [6.07, 6.45) is 0. The van der Waals surface area contributed by atoms with Gasteiger partial charge in [0.2, 0.25) is 0 Å². The van der Waals surface area contributed by atoms with E-state index in [0.717, 1.165) is 0 Å². The lowest BCUT2D eigenvalue weighted by molar-refractivity contribution is 0.0515. The molecule has 24 heavy (non-hydrogen) atoms. The van der Waals surface area contributed by atoms with Crippen molar-refractivity contribution in [2.75, 3.05) is 34.4 Å². The molecule has 1 rings (SSSR count). The number of quaternary nitrogens is 1. The van der Waals surface area contributed by atoms with Crippen molar-refractivity contribution in [3.63, 3.8) is 0 Å². The summed E-state index contributed by atoms with van der Waals surface area (Å²) < 4.78 is 44.9. The molecule has 0 bridgehead atoms. The third-order valence-corrected chi connectivity index (χ3v) is 4.03. The second kappa shape index (κ2) is 7.29. The number of ether oxygens (including phenoxy) is 2. The van der Waals surface area contributed by atoms with E-state index in [1.165, 1.54) is 12.1 Å². The van der Waals surface area contributed by atoms with E-state index in [1.54, 1.807) is 35.0 Å². The summed E-state index contributed by atoms with van der Waals surface area (Å²) in [6.45, 7) is 3.05. The van der Waals surface area contributed by atoms with Crippen molar-refractivity contribution in [2.45, 2.75) is 18.7 Å². The van der Waals surface area contributed by atoms with Crippen LogP contribution < -0.4 is 4.48 Å². The molecule has 0 N–H and O–H groups in total. The first-order valence-corrected chi connectivity index (χ1v) is 8.64. The highest BCUT2D eigenvalue weighted by atomic mass is 32.2. The van der Waals surface area contributed by atoms with Gasteiger partial charge >= 0.3 is 11.9 Å². The van der Waals surface area contributed by atoms with Crippen LogP contribution in [0, 0.1) is 0 Å². The Labute approximate surface area is 141 Å². The molecule has 0 saturated heterocycles. The number of carbonyl (C=O) groups is 2. The molecule has 0 spiro atoms. The molecular formula is C15H21NO7S. The van der Waals surface area contributed by atoms with Crippen molar-refractivity contribution < 1.29 is 32.0 Å². The maximum atomic E-state index is 12.1. The van der Waals surface area contributed by atoms with Gasteiger partial charge in [0.1, 0.15) is 15.8 Å². The molecule has 0 atom stereocenters. The van der Waals surface area contributed by atoms with E-state index in [1.807, 2.05) is 0 Å². The third-order valence-electron chi connectivity index (χ3n) is 3.09. The van der Waals surface area contributed by atoms with E-state index < -0.39 is 38.1 Å². The van der Waals surface area contributed by atoms with Crippen LogP contribution in [0.3, 0.4) is 0 Å². The Morgan fingerprint density at radius 3 is 1.62 bits per heavy atom. The average molecular weight is 359 g/mol. The highest BCUT2D eigenvalue weighted by molar-refractivity contribution is 7.86. The van der Waals surface area contributed by atoms with Crippen LogP contribution in [0.1, 0.15) is 34.6 Å². The Balaban J connectivity index is 3.86. The van der Waals surface area contributed by atoms with E-state index in [9.17, 15) is 22.6 Å². The van der Waals surface area contributed by atoms with Gasteiger partial charge in [-0.1, -0.05) is 0 Å². The Morgan fingerprint density at radius 2 is 1.38 bits per heavy atom. The Hall–Kier alpha value is -1.97. The second-order valence-electron chi connectivity index (χ2n) is 5.78. The first kappa shape index (κ1) is 20.1. The maximum absolute atomic E-state index is 12.1. The molecule has 0 aromatic heterocycles. The highest BCUT2D eigenvalue weighted by Gasteiger charge is 2.29. The molecule has 9 heteroatoms. The molecule has 0 aliphatic rings. The minimum absolute atomic E-state index is 0.0134. The van der Waals surface area contributed by atoms with Crippen molar-refractivity contribution in [3.05, 3.63) is 23.3 Å². The summed E-state index contributed by atoms with van der Waals surface area (Å²) in [7, 11) is 0.152. The maximum Gasteiger partial charge on any atom is 0.339 e. The van der Waals surface area contributed by atoms with Gasteiger partial charge in [0.15, 0.2) is 0 Å². The smallest absolute Gasteiger partial charge is 0.339 e. The zero-order chi connectivity index (χ0) is 18.7. The molecular weight excluding hydrogens is 338 g/mol. The molecule has 0 saturated carbocycles. The van der Waals surface area contributed by atoms with Crippen LogP contribution in [0.5, 0.6) is 0 Å². The Morgan fingerprint density at radius 1 is 1.00 bits per heavy atom. The van der Waals surface area contributed by atoms with Crippen LogP contribution in [0.4, 0.5) is 5.69 Å². The zero-order valence-electron chi connectivity index (χ0n) is 14.3. The van der Waals surface area contributed by atoms with Crippen LogP contribution in [0.2, 0.25) is 0 Å². The van der Waals surface area contributed by atoms with Crippen LogP contribution >= 0.6 is 0 Å². The second-order valence-corrected chi connectivity index (χ2v) is 7.09. The van der Waals surface area contributed by atoms with Crippen molar-refractivity contribution in [3.8, 4) is 0 Å². The van der Waals surface area contributed by atoms with Crippen molar-refractivity contribution in [2.24, 2.45) is 0 Å². The normalized spacial score (nSPS) is 11.9. The molecule has 8 nitrogen and oxygen atoms in total. The van der Waals surface area contributed by atoms with Gasteiger partial charge in [0.05, 0.1) is 50.4 Å². The molecule has 0 fully saturated rings. The minimum atomic E-state index is -5.11. The predicted octanol–water partition coefficient (Wildman–Crippen LogP) is 1.14. The SMILES string of the molecule is CCOC(=O)c1cc([N+](C)(C)C)cc(C(=O)OCC)c1S(=O)(=O)[O-]. The molecule has 0 aliphatic carbocycles. The standard InChI is InChI=1S/C15H21NO7S/c1-6-22-14(17)11-8-10(16(3,4)5)9-12(15(18)23-7-2)13(11)24(19,20)21/h8-9H,6-7H2,1-5H3. The molecule has 0 aliphatic heterocycles. The fourth-order valence-electron chi connectivity index (χ4n) is 1.99. The lowest BCUT2D eigenvalue weighted by Gasteiger charge is -2.26. The number of hydrogen-bond acceptors (Lipinski definition) is 7. The summed E-state index contributed by atoms with van der Waals surface area (Å²) in [5, 5.41) is 0. The molecule has 0 heterocycles. The van der Waals surface area contributed by atoms with Crippen LogP contribution in [-0.2, 0) is 19.6 Å². The van der Waals surface area contributed by atoms with E-state index in [-0.39, 0.29) is 17.7 Å². The van der Waals surface area contributed by atoms with Gasteiger partial charge in [-0.3, -0.25) is 4.48 Å². The number of carbonyl (C=O) groups excluding carboxylic acids is 2. The van der Waals surface area contributed by atoms with Crippen LogP contribution in [0.25, 0.3) is 0 Å². The first-order chi connectivity index (χ1) is 10.9. The largest absolute Gasteiger partial charge is 0.744 e. The molecule has 0 amide bonds. The van der Waals surface area contributed by atoms with E-state index in [2.05, 4.69) is 0 Å². The predicted molar refractivity (Wildman–Crippen MR) is 85.9 cm³/mol. The average Bonchev–Trinajstić information content (AvgIpc) is 2.44. The number of hydrogen-bond donors (Lipinski definition) is 0. The van der Waals surface area contributed by atoms with Crippen LogP contribution in [0.15, 0.2) is 17.0 Å². The summed E-state index contributed by atoms with van der Waals surface area (Å²) in [5.41, 5.74) is -0.505. The van der Waals surface area contributed by atoms with Gasteiger partial charge < -0.3 is 14.0 Å². The lowest BCUT2D eigenvalue weighted by atomic mass is 10.1. The number of rotatable bonds is 6. The van der Waals surface area contributed by atoms with Gasteiger partial charge in [-0.05, 0) is 13.8 Å². The quantitative estimate of drug-likeness (QED) is 0.425. The van der Waals surface area contributed by atoms with E-state index in [0.29, 0.717) is 5.69 Å². The van der Waals surface area contributed by atoms with Gasteiger partial charge in [-0.15, -0.1) is 0 Å². The zero-order valence-corrected chi connectivity index (χ0v) is 15.1. The number of benzene rings is 1. The van der Waals surface area contributed by atoms with Crippen molar-refractivity contribution >= 4 is 27.7 Å². The number of nitrogens with zero attached hydrogens (tertiary/aromatic N) is 1. The molecule has 0 radical (unpaired) electrons. The molecule has 0 unspecified atom stereocenters. The van der Waals surface area contributed by atoms with E-state index >= 15 is 0 Å². The van der Waals surface area contributed by atoms with E-state index in [4.69, 9.17) is 9.47 Å². The third kappa shape index (κ3) is 4.53. The Bertz CT molecular complexity index is 709. The summed E-state index contributed by atoms with van der Waals surface area (Å²) >= 11 is 0. The van der Waals surface area contributed by atoms with Gasteiger partial charge in [0.25, 0.3) is 0 Å². The molecule has 1 aromatic rings. The summed E-state index contributed by atoms with van der Waals surface area (Å²) in [5.74, 6) is -1.99. The van der Waals surface area contributed by atoms with Gasteiger partial charge in [-0.25, -0.2) is 18.0 Å². The molecule has 1 aromatic carbocycles. The Kier molecular flexibility index (Phi) is 6.09. The summed E-state index contributed by atoms with van der Waals surface area (Å²) in [6, 6.07) is 2.48. The van der Waals surface area contributed by atoms with Gasteiger partial charge in [0, 0.05) is 12.1 Å². The van der Waals surface area contributed by atoms with Gasteiger partial charge in [-0.2, -0.15) is 0 Å². The van der Waals surface area contributed by atoms with Crippen molar-refractivity contribution in [1.29, 1.82) is 0 Å². The summed E-state index contributed by atoms with van der Waals surface area (Å²) in [4.78, 5) is 23.4. The fraction of sp³-hybridized carbons (Fsp3) is 0.467.